The zero-order valence-corrected chi connectivity index (χ0v) is 15.4. The monoisotopic (exact) mass is 460 g/mol. The lowest BCUT2D eigenvalue weighted by atomic mass is 10.1. The minimum Gasteiger partial charge on any atom is -0.268 e. The summed E-state index contributed by atoms with van der Waals surface area (Å²) in [6.07, 6.45) is -8.95. The maximum Gasteiger partial charge on any atom is 0.455 e. The van der Waals surface area contributed by atoms with E-state index >= 15 is 0 Å². The Morgan fingerprint density at radius 2 is 1.70 bits per heavy atom. The van der Waals surface area contributed by atoms with E-state index in [1.807, 2.05) is 0 Å². The van der Waals surface area contributed by atoms with Gasteiger partial charge in [-0.15, -0.1) is 0 Å². The van der Waals surface area contributed by atoms with Crippen LogP contribution in [0.15, 0.2) is 29.5 Å². The van der Waals surface area contributed by atoms with Crippen molar-refractivity contribution in [2.45, 2.75) is 31.7 Å². The van der Waals surface area contributed by atoms with E-state index in [-0.39, 0.29) is 15.4 Å². The zero-order chi connectivity index (χ0) is 22.6. The first kappa shape index (κ1) is 22.0. The van der Waals surface area contributed by atoms with Crippen molar-refractivity contribution in [2.75, 3.05) is 0 Å². The summed E-state index contributed by atoms with van der Waals surface area (Å²) in [6, 6.07) is 1.13. The fourth-order valence-corrected chi connectivity index (χ4v) is 2.74. The highest BCUT2D eigenvalue weighted by Gasteiger charge is 2.57. The van der Waals surface area contributed by atoms with Crippen LogP contribution in [0.25, 0.3) is 16.8 Å². The Kier molecular flexibility index (Phi) is 5.08. The van der Waals surface area contributed by atoms with E-state index in [0.29, 0.717) is 22.4 Å². The third-order valence-electron chi connectivity index (χ3n) is 4.07. The van der Waals surface area contributed by atoms with Crippen molar-refractivity contribution in [2.24, 2.45) is 0 Å². The molecular formula is C16H9ClF8N4O. The molecule has 14 heteroatoms. The molecule has 0 fully saturated rings. The Morgan fingerprint density at radius 3 is 2.27 bits per heavy atom. The summed E-state index contributed by atoms with van der Waals surface area (Å²) in [5.41, 5.74) is -4.64. The Balaban J connectivity index is 2.21. The molecular weight excluding hydrogens is 452 g/mol. The standard InChI is InChI=1S/C16H9ClF8N4O/c1-7-2-10-27-12(15(20,21)22)11(13(30)29(10)5-9(7)17)8-3-26-28(4-8)6-14(18,19)16(23,24)25/h2-5H,6H2,1H3. The van der Waals surface area contributed by atoms with Crippen LogP contribution in [-0.2, 0) is 12.7 Å². The Bertz CT molecular complexity index is 1180. The van der Waals surface area contributed by atoms with Gasteiger partial charge < -0.3 is 0 Å². The van der Waals surface area contributed by atoms with Crippen LogP contribution in [0.5, 0.6) is 0 Å². The third kappa shape index (κ3) is 3.85. The van der Waals surface area contributed by atoms with E-state index in [1.54, 1.807) is 0 Å². The molecule has 3 heterocycles. The Labute approximate surface area is 166 Å². The fourth-order valence-electron chi connectivity index (χ4n) is 2.59. The van der Waals surface area contributed by atoms with Crippen molar-refractivity contribution in [3.8, 4) is 11.1 Å². The smallest absolute Gasteiger partial charge is 0.268 e. The number of hydrogen-bond donors (Lipinski definition) is 0. The number of fused-ring (bicyclic) bond motifs is 1. The highest BCUT2D eigenvalue weighted by Crippen LogP contribution is 2.38. The number of alkyl halides is 8. The molecule has 162 valence electrons. The predicted octanol–water partition coefficient (Wildman–Crippen LogP) is 4.74. The number of aryl methyl sites for hydroxylation is 1. The van der Waals surface area contributed by atoms with E-state index in [0.717, 1.165) is 12.3 Å². The van der Waals surface area contributed by atoms with E-state index in [9.17, 15) is 39.9 Å². The predicted molar refractivity (Wildman–Crippen MR) is 88.4 cm³/mol. The quantitative estimate of drug-likeness (QED) is 0.531. The number of pyridine rings is 1. The first-order chi connectivity index (χ1) is 13.6. The molecule has 0 unspecified atom stereocenters. The minimum atomic E-state index is -5.89. The lowest BCUT2D eigenvalue weighted by Crippen LogP contribution is -2.40. The van der Waals surface area contributed by atoms with Crippen LogP contribution in [0.1, 0.15) is 11.3 Å². The van der Waals surface area contributed by atoms with Gasteiger partial charge in [0.15, 0.2) is 5.69 Å². The maximum absolute atomic E-state index is 13.5. The molecule has 3 rings (SSSR count). The molecule has 5 nitrogen and oxygen atoms in total. The van der Waals surface area contributed by atoms with Gasteiger partial charge in [0, 0.05) is 18.0 Å². The first-order valence-electron chi connectivity index (χ1n) is 7.89. The average Bonchev–Trinajstić information content (AvgIpc) is 3.02. The highest BCUT2D eigenvalue weighted by molar-refractivity contribution is 6.31. The SMILES string of the molecule is Cc1cc2nc(C(F)(F)F)c(-c3cnn(CC(F)(F)C(F)(F)F)c3)c(=O)n2cc1Cl. The first-order valence-corrected chi connectivity index (χ1v) is 8.27. The second-order valence-corrected chi connectivity index (χ2v) is 6.71. The average molecular weight is 461 g/mol. The van der Waals surface area contributed by atoms with E-state index in [4.69, 9.17) is 11.6 Å². The fraction of sp³-hybridized carbons (Fsp3) is 0.312. The molecule has 30 heavy (non-hydrogen) atoms. The van der Waals surface area contributed by atoms with Crippen LogP contribution in [0.2, 0.25) is 5.02 Å². The van der Waals surface area contributed by atoms with Gasteiger partial charge in [0.25, 0.3) is 5.56 Å². The summed E-state index contributed by atoms with van der Waals surface area (Å²) >= 11 is 5.89. The van der Waals surface area contributed by atoms with E-state index in [2.05, 4.69) is 10.1 Å². The second-order valence-electron chi connectivity index (χ2n) is 6.30. The Hall–Kier alpha value is -2.70. The highest BCUT2D eigenvalue weighted by atomic mass is 35.5. The van der Waals surface area contributed by atoms with Crippen molar-refractivity contribution in [3.05, 3.63) is 51.3 Å². The molecule has 0 amide bonds. The second kappa shape index (κ2) is 6.93. The number of aromatic nitrogens is 4. The minimum absolute atomic E-state index is 0.0395. The van der Waals surface area contributed by atoms with Crippen molar-refractivity contribution < 1.29 is 35.1 Å². The largest absolute Gasteiger partial charge is 0.455 e. The number of rotatable bonds is 3. The van der Waals surface area contributed by atoms with Gasteiger partial charge in [-0.1, -0.05) is 11.6 Å². The summed E-state index contributed by atoms with van der Waals surface area (Å²) < 4.78 is 105. The molecule has 0 saturated heterocycles. The lowest BCUT2D eigenvalue weighted by molar-refractivity contribution is -0.287. The van der Waals surface area contributed by atoms with Crippen LogP contribution in [0.3, 0.4) is 0 Å². The van der Waals surface area contributed by atoms with Crippen molar-refractivity contribution in [1.29, 1.82) is 0 Å². The molecule has 0 aliphatic heterocycles. The van der Waals surface area contributed by atoms with Crippen LogP contribution in [0, 0.1) is 6.92 Å². The number of nitrogens with zero attached hydrogens (tertiary/aromatic N) is 4. The molecule has 0 bridgehead atoms. The molecule has 0 saturated carbocycles. The van der Waals surface area contributed by atoms with Gasteiger partial charge in [-0.25, -0.2) is 4.98 Å². The van der Waals surface area contributed by atoms with Crippen LogP contribution in [-0.4, -0.2) is 31.3 Å². The van der Waals surface area contributed by atoms with Gasteiger partial charge >= 0.3 is 18.3 Å². The van der Waals surface area contributed by atoms with Crippen LogP contribution < -0.4 is 5.56 Å². The molecule has 0 atom stereocenters. The number of hydrogen-bond acceptors (Lipinski definition) is 3. The molecule has 0 aliphatic carbocycles. The van der Waals surface area contributed by atoms with Gasteiger partial charge in [-0.2, -0.15) is 40.2 Å². The Morgan fingerprint density at radius 1 is 1.07 bits per heavy atom. The van der Waals surface area contributed by atoms with E-state index < -0.39 is 47.2 Å². The number of halogens is 9. The van der Waals surface area contributed by atoms with Crippen molar-refractivity contribution >= 4 is 17.2 Å². The zero-order valence-electron chi connectivity index (χ0n) is 14.6. The lowest BCUT2D eigenvalue weighted by Gasteiger charge is -2.19. The molecule has 0 radical (unpaired) electrons. The molecule has 3 aromatic rings. The van der Waals surface area contributed by atoms with Gasteiger partial charge in [0.1, 0.15) is 12.2 Å². The van der Waals surface area contributed by atoms with Crippen molar-refractivity contribution in [1.82, 2.24) is 19.2 Å². The summed E-state index contributed by atoms with van der Waals surface area (Å²) in [6.45, 7) is -0.508. The van der Waals surface area contributed by atoms with Gasteiger partial charge in [0.05, 0.1) is 16.8 Å². The van der Waals surface area contributed by atoms with Crippen molar-refractivity contribution in [3.63, 3.8) is 0 Å². The van der Waals surface area contributed by atoms with Crippen LogP contribution >= 0.6 is 11.6 Å². The van der Waals surface area contributed by atoms with Gasteiger partial charge in [-0.05, 0) is 18.6 Å². The van der Waals surface area contributed by atoms with Crippen LogP contribution in [0.4, 0.5) is 35.1 Å². The van der Waals surface area contributed by atoms with Gasteiger partial charge in [0.2, 0.25) is 0 Å². The topological polar surface area (TPSA) is 52.2 Å². The molecule has 0 N–H and O–H groups in total. The molecule has 0 spiro atoms. The summed E-state index contributed by atoms with van der Waals surface area (Å²) in [4.78, 5) is 16.1. The van der Waals surface area contributed by atoms with E-state index in [1.165, 1.54) is 6.92 Å². The molecule has 0 aliphatic rings. The summed E-state index contributed by atoms with van der Waals surface area (Å²) in [7, 11) is 0. The summed E-state index contributed by atoms with van der Waals surface area (Å²) in [5, 5.41) is 3.27. The normalized spacial score (nSPS) is 13.3. The molecule has 3 aromatic heterocycles. The molecule has 0 aromatic carbocycles. The summed E-state index contributed by atoms with van der Waals surface area (Å²) in [5.74, 6) is -5.19. The third-order valence-corrected chi connectivity index (χ3v) is 4.47. The maximum atomic E-state index is 13.5. The van der Waals surface area contributed by atoms with Gasteiger partial charge in [-0.3, -0.25) is 13.9 Å².